The van der Waals surface area contributed by atoms with E-state index in [-0.39, 0.29) is 24.1 Å². The lowest BCUT2D eigenvalue weighted by Gasteiger charge is -2.25. The number of carbonyl (C=O) groups is 2. The Morgan fingerprint density at radius 2 is 1.91 bits per heavy atom. The van der Waals surface area contributed by atoms with E-state index in [9.17, 15) is 9.59 Å². The lowest BCUT2D eigenvalue weighted by molar-refractivity contribution is -0.131. The van der Waals surface area contributed by atoms with E-state index in [4.69, 9.17) is 4.42 Å². The van der Waals surface area contributed by atoms with Gasteiger partial charge in [-0.1, -0.05) is 48.7 Å². The molecule has 0 radical (unpaired) electrons. The van der Waals surface area contributed by atoms with Gasteiger partial charge in [-0.3, -0.25) is 14.2 Å². The Kier molecular flexibility index (Phi) is 7.49. The maximum atomic E-state index is 12.7. The second-order valence-corrected chi connectivity index (χ2v) is 9.34. The van der Waals surface area contributed by atoms with E-state index in [1.165, 1.54) is 35.9 Å². The molecular weight excluding hydrogens is 438 g/mol. The molecule has 0 bridgehead atoms. The van der Waals surface area contributed by atoms with Gasteiger partial charge in [-0.05, 0) is 44.0 Å². The Labute approximate surface area is 197 Å². The van der Waals surface area contributed by atoms with Gasteiger partial charge < -0.3 is 14.6 Å². The highest BCUT2D eigenvalue weighted by Gasteiger charge is 2.25. The lowest BCUT2D eigenvalue weighted by atomic mass is 9.95. The molecule has 2 amide bonds. The Balaban J connectivity index is 1.38. The van der Waals surface area contributed by atoms with Crippen LogP contribution in [0, 0.1) is 6.92 Å². The van der Waals surface area contributed by atoms with Crippen molar-refractivity contribution in [2.75, 3.05) is 24.7 Å². The first-order valence-corrected chi connectivity index (χ1v) is 12.2. The van der Waals surface area contributed by atoms with E-state index < -0.39 is 0 Å². The van der Waals surface area contributed by atoms with Gasteiger partial charge in [0, 0.05) is 18.8 Å². The number of hydrogen-bond acceptors (Lipinski definition) is 6. The van der Waals surface area contributed by atoms with Crippen molar-refractivity contribution in [1.29, 1.82) is 0 Å². The summed E-state index contributed by atoms with van der Waals surface area (Å²) >= 11 is 1.35. The largest absolute Gasteiger partial charge is 0.461 e. The van der Waals surface area contributed by atoms with Gasteiger partial charge in [0.1, 0.15) is 0 Å². The van der Waals surface area contributed by atoms with Gasteiger partial charge in [-0.2, -0.15) is 0 Å². The molecular formula is C24H29N5O3S. The van der Waals surface area contributed by atoms with E-state index >= 15 is 0 Å². The zero-order chi connectivity index (χ0) is 23.2. The lowest BCUT2D eigenvalue weighted by Crippen LogP contribution is -2.36. The monoisotopic (exact) mass is 467 g/mol. The fourth-order valence-corrected chi connectivity index (χ4v) is 4.94. The van der Waals surface area contributed by atoms with Gasteiger partial charge in [0.2, 0.25) is 17.6 Å². The predicted octanol–water partition coefficient (Wildman–Crippen LogP) is 4.54. The van der Waals surface area contributed by atoms with E-state index in [0.717, 1.165) is 18.4 Å². The van der Waals surface area contributed by atoms with E-state index in [2.05, 4.69) is 20.1 Å². The van der Waals surface area contributed by atoms with Gasteiger partial charge in [0.15, 0.2) is 10.9 Å². The first kappa shape index (κ1) is 23.1. The number of hydrogen-bond donors (Lipinski definition) is 1. The molecule has 3 aromatic rings. The van der Waals surface area contributed by atoms with Crippen LogP contribution >= 0.6 is 11.8 Å². The van der Waals surface area contributed by atoms with E-state index in [1.807, 2.05) is 43.3 Å². The molecule has 1 aliphatic rings. The van der Waals surface area contributed by atoms with Crippen LogP contribution in [0.15, 0.2) is 52.2 Å². The molecule has 1 saturated carbocycles. The van der Waals surface area contributed by atoms with Gasteiger partial charge in [-0.15, -0.1) is 10.2 Å². The highest BCUT2D eigenvalue weighted by Crippen LogP contribution is 2.35. The second kappa shape index (κ2) is 10.7. The van der Waals surface area contributed by atoms with Crippen LogP contribution in [0.2, 0.25) is 0 Å². The Morgan fingerprint density at radius 1 is 1.15 bits per heavy atom. The third-order valence-corrected chi connectivity index (χ3v) is 6.74. The summed E-state index contributed by atoms with van der Waals surface area (Å²) in [6, 6.07) is 11.6. The summed E-state index contributed by atoms with van der Waals surface area (Å²) in [5.41, 5.74) is 1.83. The zero-order valence-electron chi connectivity index (χ0n) is 19.0. The number of nitrogens with one attached hydrogen (secondary N) is 1. The predicted molar refractivity (Wildman–Crippen MR) is 128 cm³/mol. The Bertz CT molecular complexity index is 1070. The van der Waals surface area contributed by atoms with Crippen molar-refractivity contribution in [2.45, 2.75) is 50.2 Å². The molecule has 9 heteroatoms. The van der Waals surface area contributed by atoms with E-state index in [1.54, 1.807) is 13.3 Å². The van der Waals surface area contributed by atoms with Crippen LogP contribution in [0.5, 0.6) is 0 Å². The molecule has 0 atom stereocenters. The molecule has 4 rings (SSSR count). The first-order valence-electron chi connectivity index (χ1n) is 11.2. The molecule has 33 heavy (non-hydrogen) atoms. The number of nitrogens with zero attached hydrogens (tertiary/aromatic N) is 4. The number of aryl methyl sites for hydroxylation is 1. The van der Waals surface area contributed by atoms with Crippen molar-refractivity contribution in [1.82, 2.24) is 19.7 Å². The Hall–Kier alpha value is -3.07. The van der Waals surface area contributed by atoms with Crippen LogP contribution in [0.3, 0.4) is 0 Å². The van der Waals surface area contributed by atoms with Crippen LogP contribution in [0.4, 0.5) is 5.69 Å². The molecule has 0 unspecified atom stereocenters. The highest BCUT2D eigenvalue weighted by atomic mass is 32.2. The third kappa shape index (κ3) is 5.84. The van der Waals surface area contributed by atoms with Crippen LogP contribution in [0.25, 0.3) is 11.6 Å². The molecule has 2 heterocycles. The number of thioether (sulfide) groups is 1. The number of rotatable bonds is 8. The van der Waals surface area contributed by atoms with Crippen molar-refractivity contribution in [3.63, 3.8) is 0 Å². The van der Waals surface area contributed by atoms with Gasteiger partial charge in [0.25, 0.3) is 0 Å². The average molecular weight is 468 g/mol. The van der Waals surface area contributed by atoms with Gasteiger partial charge in [-0.25, -0.2) is 0 Å². The van der Waals surface area contributed by atoms with Crippen LogP contribution in [0.1, 0.15) is 43.7 Å². The minimum atomic E-state index is -0.231. The first-order chi connectivity index (χ1) is 16.0. The number of furan rings is 1. The summed E-state index contributed by atoms with van der Waals surface area (Å²) in [5.74, 6) is 1.18. The summed E-state index contributed by atoms with van der Waals surface area (Å²) in [5, 5.41) is 12.3. The number of anilines is 1. The number of benzene rings is 1. The fourth-order valence-electron chi connectivity index (χ4n) is 4.00. The number of amides is 2. The van der Waals surface area contributed by atoms with Gasteiger partial charge >= 0.3 is 0 Å². The molecule has 0 spiro atoms. The molecule has 0 saturated heterocycles. The molecule has 1 N–H and O–H groups in total. The molecule has 0 aliphatic heterocycles. The van der Waals surface area contributed by atoms with E-state index in [0.29, 0.717) is 28.5 Å². The fraction of sp³-hybridized carbons (Fsp3) is 0.417. The van der Waals surface area contributed by atoms with Crippen molar-refractivity contribution >= 4 is 29.3 Å². The summed E-state index contributed by atoms with van der Waals surface area (Å²) in [6.07, 6.45) is 7.33. The second-order valence-electron chi connectivity index (χ2n) is 8.40. The zero-order valence-corrected chi connectivity index (χ0v) is 19.8. The summed E-state index contributed by atoms with van der Waals surface area (Å²) < 4.78 is 7.70. The SMILES string of the molecule is Cc1ccc(NC(=O)CN(C)C(=O)CSc2nnc(-c3ccco3)n2C2CCCCC2)cc1. The van der Waals surface area contributed by atoms with Crippen molar-refractivity contribution in [3.8, 4) is 11.6 Å². The quantitative estimate of drug-likeness (QED) is 0.489. The van der Waals surface area contributed by atoms with Crippen molar-refractivity contribution in [2.24, 2.45) is 0 Å². The van der Waals surface area contributed by atoms with Crippen LogP contribution in [-0.4, -0.2) is 50.8 Å². The summed E-state index contributed by atoms with van der Waals surface area (Å²) in [7, 11) is 1.64. The Morgan fingerprint density at radius 3 is 2.61 bits per heavy atom. The summed E-state index contributed by atoms with van der Waals surface area (Å²) in [4.78, 5) is 26.5. The minimum absolute atomic E-state index is 0.0137. The molecule has 1 aliphatic carbocycles. The maximum absolute atomic E-state index is 12.7. The minimum Gasteiger partial charge on any atom is -0.461 e. The molecule has 174 valence electrons. The van der Waals surface area contributed by atoms with Crippen LogP contribution in [-0.2, 0) is 9.59 Å². The smallest absolute Gasteiger partial charge is 0.243 e. The number of aromatic nitrogens is 3. The molecule has 1 fully saturated rings. The maximum Gasteiger partial charge on any atom is 0.243 e. The van der Waals surface area contributed by atoms with Crippen molar-refractivity contribution < 1.29 is 14.0 Å². The van der Waals surface area contributed by atoms with Gasteiger partial charge in [0.05, 0.1) is 18.6 Å². The van der Waals surface area contributed by atoms with Crippen molar-refractivity contribution in [3.05, 3.63) is 48.2 Å². The summed E-state index contributed by atoms with van der Waals surface area (Å²) in [6.45, 7) is 1.97. The molecule has 2 aromatic heterocycles. The average Bonchev–Trinajstić information content (AvgIpc) is 3.49. The third-order valence-electron chi connectivity index (χ3n) is 5.81. The number of likely N-dealkylation sites (N-methyl/N-ethyl adjacent to an activating group) is 1. The normalized spacial score (nSPS) is 14.2. The standard InChI is InChI=1S/C24H29N5O3S/c1-17-10-12-18(13-11-17)25-21(30)15-28(2)22(31)16-33-24-27-26-23(20-9-6-14-32-20)29(24)19-7-4-3-5-8-19/h6,9-14,19H,3-5,7-8,15-16H2,1-2H3,(H,25,30). The molecule has 8 nitrogen and oxygen atoms in total. The molecule has 1 aromatic carbocycles. The number of carbonyl (C=O) groups excluding carboxylic acids is 2. The van der Waals surface area contributed by atoms with Crippen LogP contribution < -0.4 is 5.32 Å². The topological polar surface area (TPSA) is 93.3 Å². The highest BCUT2D eigenvalue weighted by molar-refractivity contribution is 7.99.